The van der Waals surface area contributed by atoms with Crippen LogP contribution >= 0.6 is 11.8 Å². The Morgan fingerprint density at radius 1 is 1.24 bits per heavy atom. The van der Waals surface area contributed by atoms with E-state index in [2.05, 4.69) is 0 Å². The van der Waals surface area contributed by atoms with Crippen molar-refractivity contribution in [3.63, 3.8) is 0 Å². The molecule has 0 saturated carbocycles. The number of carboxylic acid groups (broad SMARTS) is 1. The summed E-state index contributed by atoms with van der Waals surface area (Å²) in [4.78, 5) is 26.3. The van der Waals surface area contributed by atoms with Crippen molar-refractivity contribution in [1.29, 1.82) is 0 Å². The van der Waals surface area contributed by atoms with Crippen LogP contribution in [0.5, 0.6) is 11.5 Å². The number of benzene rings is 1. The van der Waals surface area contributed by atoms with Crippen LogP contribution in [-0.4, -0.2) is 54.9 Å². The zero-order valence-corrected chi connectivity index (χ0v) is 15.7. The Bertz CT molecular complexity index is 621. The van der Waals surface area contributed by atoms with E-state index in [1.165, 1.54) is 0 Å². The van der Waals surface area contributed by atoms with Crippen LogP contribution in [0, 0.1) is 11.8 Å². The van der Waals surface area contributed by atoms with Crippen LogP contribution < -0.4 is 9.47 Å². The molecule has 1 aliphatic heterocycles. The van der Waals surface area contributed by atoms with E-state index in [0.29, 0.717) is 43.2 Å². The second-order valence-electron chi connectivity index (χ2n) is 6.29. The van der Waals surface area contributed by atoms with Gasteiger partial charge in [0.15, 0.2) is 11.5 Å². The quantitative estimate of drug-likeness (QED) is 0.747. The lowest BCUT2D eigenvalue weighted by Crippen LogP contribution is -2.45. The zero-order chi connectivity index (χ0) is 18.4. The van der Waals surface area contributed by atoms with Gasteiger partial charge in [0, 0.05) is 30.2 Å². The number of likely N-dealkylation sites (tertiary alicyclic amines) is 1. The first kappa shape index (κ1) is 19.4. The summed E-state index contributed by atoms with van der Waals surface area (Å²) in [5.74, 6) is 0.938. The first-order valence-corrected chi connectivity index (χ1v) is 9.28. The third kappa shape index (κ3) is 5.29. The molecule has 1 N–H and O–H groups in total. The van der Waals surface area contributed by atoms with Gasteiger partial charge in [-0.2, -0.15) is 0 Å². The topological polar surface area (TPSA) is 76.1 Å². The van der Waals surface area contributed by atoms with E-state index in [-0.39, 0.29) is 11.8 Å². The van der Waals surface area contributed by atoms with Gasteiger partial charge in [-0.05, 0) is 30.5 Å². The molecule has 7 heteroatoms. The van der Waals surface area contributed by atoms with Gasteiger partial charge in [-0.15, -0.1) is 11.8 Å². The highest BCUT2D eigenvalue weighted by molar-refractivity contribution is 7.99. The highest BCUT2D eigenvalue weighted by Crippen LogP contribution is 2.32. The minimum Gasteiger partial charge on any atom is -0.493 e. The SMILES string of the molecule is COc1ccc(SCCC(=O)N2CC(C)CC(C(=O)O)C2)cc1OC. The van der Waals surface area contributed by atoms with Crippen LogP contribution in [0.4, 0.5) is 0 Å². The van der Waals surface area contributed by atoms with Crippen molar-refractivity contribution in [2.75, 3.05) is 33.1 Å². The van der Waals surface area contributed by atoms with Crippen molar-refractivity contribution in [3.05, 3.63) is 18.2 Å². The van der Waals surface area contributed by atoms with Crippen molar-refractivity contribution in [1.82, 2.24) is 4.90 Å². The van der Waals surface area contributed by atoms with Crippen molar-refractivity contribution >= 4 is 23.6 Å². The lowest BCUT2D eigenvalue weighted by atomic mass is 9.90. The number of ether oxygens (including phenoxy) is 2. The molecule has 1 saturated heterocycles. The maximum Gasteiger partial charge on any atom is 0.308 e. The molecule has 0 radical (unpaired) electrons. The number of carbonyl (C=O) groups is 2. The highest BCUT2D eigenvalue weighted by Gasteiger charge is 2.31. The normalized spacial score (nSPS) is 20.2. The van der Waals surface area contributed by atoms with E-state index in [1.807, 2.05) is 25.1 Å². The van der Waals surface area contributed by atoms with E-state index in [1.54, 1.807) is 30.9 Å². The Morgan fingerprint density at radius 2 is 1.96 bits per heavy atom. The predicted octanol–water partition coefficient (Wildman–Crippen LogP) is 2.76. The van der Waals surface area contributed by atoms with Gasteiger partial charge in [0.25, 0.3) is 0 Å². The number of methoxy groups -OCH3 is 2. The van der Waals surface area contributed by atoms with Crippen LogP contribution in [0.15, 0.2) is 23.1 Å². The van der Waals surface area contributed by atoms with Gasteiger partial charge in [-0.1, -0.05) is 6.92 Å². The number of rotatable bonds is 7. The first-order valence-electron chi connectivity index (χ1n) is 8.30. The van der Waals surface area contributed by atoms with Crippen LogP contribution in [0.25, 0.3) is 0 Å². The Balaban J connectivity index is 1.86. The van der Waals surface area contributed by atoms with Gasteiger partial charge in [-0.25, -0.2) is 0 Å². The smallest absolute Gasteiger partial charge is 0.308 e. The van der Waals surface area contributed by atoms with Gasteiger partial charge in [0.1, 0.15) is 0 Å². The molecule has 2 rings (SSSR count). The fourth-order valence-corrected chi connectivity index (χ4v) is 3.92. The fourth-order valence-electron chi connectivity index (χ4n) is 3.05. The molecule has 0 aromatic heterocycles. The number of thioether (sulfide) groups is 1. The Labute approximate surface area is 152 Å². The van der Waals surface area contributed by atoms with Gasteiger partial charge in [0.05, 0.1) is 20.1 Å². The Morgan fingerprint density at radius 3 is 2.60 bits per heavy atom. The molecule has 2 unspecified atom stereocenters. The number of nitrogens with zero attached hydrogens (tertiary/aromatic N) is 1. The molecular formula is C18H25NO5S. The second kappa shape index (κ2) is 8.99. The van der Waals surface area contributed by atoms with Crippen LogP contribution in [0.1, 0.15) is 19.8 Å². The van der Waals surface area contributed by atoms with Crippen molar-refractivity contribution in [3.8, 4) is 11.5 Å². The monoisotopic (exact) mass is 367 g/mol. The number of aliphatic carboxylic acids is 1. The zero-order valence-electron chi connectivity index (χ0n) is 14.9. The third-order valence-electron chi connectivity index (χ3n) is 4.30. The molecule has 1 aliphatic rings. The summed E-state index contributed by atoms with van der Waals surface area (Å²) in [5, 5.41) is 9.21. The van der Waals surface area contributed by atoms with Gasteiger partial charge in [-0.3, -0.25) is 9.59 Å². The summed E-state index contributed by atoms with van der Waals surface area (Å²) in [5.41, 5.74) is 0. The summed E-state index contributed by atoms with van der Waals surface area (Å²) in [7, 11) is 3.18. The molecule has 0 spiro atoms. The molecular weight excluding hydrogens is 342 g/mol. The molecule has 1 aromatic carbocycles. The average molecular weight is 367 g/mol. The van der Waals surface area contributed by atoms with E-state index in [9.17, 15) is 14.7 Å². The molecule has 6 nitrogen and oxygen atoms in total. The maximum atomic E-state index is 12.4. The molecule has 25 heavy (non-hydrogen) atoms. The molecule has 1 heterocycles. The number of piperidine rings is 1. The number of hydrogen-bond acceptors (Lipinski definition) is 5. The lowest BCUT2D eigenvalue weighted by molar-refractivity contribution is -0.146. The van der Waals surface area contributed by atoms with Gasteiger partial charge in [0.2, 0.25) is 5.91 Å². The summed E-state index contributed by atoms with van der Waals surface area (Å²) in [6.45, 7) is 2.96. The van der Waals surface area contributed by atoms with E-state index in [4.69, 9.17) is 9.47 Å². The molecule has 0 bridgehead atoms. The van der Waals surface area contributed by atoms with Gasteiger partial charge < -0.3 is 19.5 Å². The Kier molecular flexibility index (Phi) is 6.99. The number of carbonyl (C=O) groups excluding carboxylic acids is 1. The summed E-state index contributed by atoms with van der Waals surface area (Å²) < 4.78 is 10.5. The molecule has 2 atom stereocenters. The lowest BCUT2D eigenvalue weighted by Gasteiger charge is -2.34. The van der Waals surface area contributed by atoms with Crippen molar-refractivity contribution < 1.29 is 24.2 Å². The minimum absolute atomic E-state index is 0.0192. The average Bonchev–Trinajstić information content (AvgIpc) is 2.60. The molecule has 1 aromatic rings. The fraction of sp³-hybridized carbons (Fsp3) is 0.556. The van der Waals surface area contributed by atoms with E-state index in [0.717, 1.165) is 4.90 Å². The third-order valence-corrected chi connectivity index (χ3v) is 5.30. The standard InChI is InChI=1S/C18H25NO5S/c1-12-8-13(18(21)22)11-19(10-12)17(20)6-7-25-14-4-5-15(23-2)16(9-14)24-3/h4-5,9,12-13H,6-8,10-11H2,1-3H3,(H,21,22). The highest BCUT2D eigenvalue weighted by atomic mass is 32.2. The molecule has 0 aliphatic carbocycles. The molecule has 1 amide bonds. The second-order valence-corrected chi connectivity index (χ2v) is 7.46. The van der Waals surface area contributed by atoms with Crippen molar-refractivity contribution in [2.24, 2.45) is 11.8 Å². The van der Waals surface area contributed by atoms with E-state index >= 15 is 0 Å². The summed E-state index contributed by atoms with van der Waals surface area (Å²) in [6, 6.07) is 5.66. The van der Waals surface area contributed by atoms with Crippen LogP contribution in [0.2, 0.25) is 0 Å². The largest absolute Gasteiger partial charge is 0.493 e. The minimum atomic E-state index is -0.816. The summed E-state index contributed by atoms with van der Waals surface area (Å²) in [6.07, 6.45) is 1.03. The van der Waals surface area contributed by atoms with E-state index < -0.39 is 11.9 Å². The number of amides is 1. The Hall–Kier alpha value is -1.89. The molecule has 1 fully saturated rings. The predicted molar refractivity (Wildman–Crippen MR) is 96.4 cm³/mol. The maximum absolute atomic E-state index is 12.4. The molecule has 138 valence electrons. The number of hydrogen-bond donors (Lipinski definition) is 1. The first-order chi connectivity index (χ1) is 11.9. The van der Waals surface area contributed by atoms with Crippen LogP contribution in [-0.2, 0) is 9.59 Å². The summed E-state index contributed by atoms with van der Waals surface area (Å²) >= 11 is 1.57. The van der Waals surface area contributed by atoms with Crippen LogP contribution in [0.3, 0.4) is 0 Å². The van der Waals surface area contributed by atoms with Crippen molar-refractivity contribution in [2.45, 2.75) is 24.7 Å². The number of carboxylic acids is 1. The van der Waals surface area contributed by atoms with Gasteiger partial charge >= 0.3 is 5.97 Å².